The maximum atomic E-state index is 11.6. The Kier molecular flexibility index (Phi) is 8.35. The van der Waals surface area contributed by atoms with Gasteiger partial charge in [-0.2, -0.15) is 0 Å². The molecule has 126 valence electrons. The third-order valence-electron chi connectivity index (χ3n) is 3.80. The average Bonchev–Trinajstić information content (AvgIpc) is 2.87. The summed E-state index contributed by atoms with van der Waals surface area (Å²) in [5, 5.41) is 0. The van der Waals surface area contributed by atoms with E-state index >= 15 is 0 Å². The van der Waals surface area contributed by atoms with E-state index < -0.39 is 5.79 Å². The molecule has 1 rings (SSSR count). The molecular formula is C17H28O5. The highest BCUT2D eigenvalue weighted by molar-refractivity contribution is 5.83. The highest BCUT2D eigenvalue weighted by Gasteiger charge is 2.41. The first kappa shape index (κ1) is 18.8. The van der Waals surface area contributed by atoms with Gasteiger partial charge in [0.05, 0.1) is 6.61 Å². The molecule has 0 aliphatic carbocycles. The molecule has 0 radical (unpaired) electrons. The average molecular weight is 312 g/mol. The Bertz CT molecular complexity index is 379. The Morgan fingerprint density at radius 1 is 1.27 bits per heavy atom. The van der Waals surface area contributed by atoms with Crippen molar-refractivity contribution in [2.45, 2.75) is 70.7 Å². The van der Waals surface area contributed by atoms with Crippen molar-refractivity contribution < 1.29 is 23.8 Å². The van der Waals surface area contributed by atoms with E-state index in [0.717, 1.165) is 25.7 Å². The molecule has 1 saturated heterocycles. The zero-order chi connectivity index (χ0) is 16.4. The van der Waals surface area contributed by atoms with Crippen LogP contribution in [0.2, 0.25) is 0 Å². The Balaban J connectivity index is 2.04. The van der Waals surface area contributed by atoms with Crippen molar-refractivity contribution in [2.24, 2.45) is 0 Å². The molecule has 0 spiro atoms. The molecule has 1 aliphatic heterocycles. The van der Waals surface area contributed by atoms with Crippen molar-refractivity contribution in [3.8, 4) is 0 Å². The number of ketones is 1. The van der Waals surface area contributed by atoms with E-state index in [4.69, 9.17) is 14.2 Å². The quantitative estimate of drug-likeness (QED) is 0.333. The Labute approximate surface area is 133 Å². The normalized spacial score (nSPS) is 24.2. The van der Waals surface area contributed by atoms with Crippen molar-refractivity contribution >= 4 is 11.8 Å². The van der Waals surface area contributed by atoms with E-state index in [2.05, 4.69) is 6.58 Å². The maximum Gasteiger partial charge on any atom is 0.305 e. The summed E-state index contributed by atoms with van der Waals surface area (Å²) in [6.45, 7) is 7.11. The zero-order valence-corrected chi connectivity index (χ0v) is 13.8. The minimum Gasteiger partial charge on any atom is -0.463 e. The molecule has 1 heterocycles. The molecule has 5 heteroatoms. The van der Waals surface area contributed by atoms with Crippen molar-refractivity contribution in [3.05, 3.63) is 12.7 Å². The minimum atomic E-state index is -1.19. The van der Waals surface area contributed by atoms with Gasteiger partial charge in [-0.15, -0.1) is 6.58 Å². The van der Waals surface area contributed by atoms with Crippen LogP contribution in [0.15, 0.2) is 12.7 Å². The highest BCUT2D eigenvalue weighted by Crippen LogP contribution is 2.24. The number of carbonyl (C=O) groups excluding carboxylic acids is 2. The predicted molar refractivity (Wildman–Crippen MR) is 83.4 cm³/mol. The second-order valence-electron chi connectivity index (χ2n) is 5.83. The van der Waals surface area contributed by atoms with Crippen LogP contribution in [0.25, 0.3) is 0 Å². The smallest absolute Gasteiger partial charge is 0.305 e. The maximum absolute atomic E-state index is 11.6. The summed E-state index contributed by atoms with van der Waals surface area (Å²) in [6.07, 6.45) is 8.43. The third-order valence-corrected chi connectivity index (χ3v) is 3.80. The summed E-state index contributed by atoms with van der Waals surface area (Å²) in [7, 11) is 0. The standard InChI is InChI=1S/C17H28O5/c1-4-5-6-7-8-9-10-11-16(19)20-12-15-13-21-17(3,22-15)14(2)18/h4,15H,1,5-13H2,2-3H3. The SMILES string of the molecule is C=CCCCCCCCC(=O)OCC1COC(C)(C(C)=O)O1. The monoisotopic (exact) mass is 312 g/mol. The summed E-state index contributed by atoms with van der Waals surface area (Å²) in [6, 6.07) is 0. The van der Waals surface area contributed by atoms with Gasteiger partial charge in [-0.05, 0) is 26.2 Å². The van der Waals surface area contributed by atoms with Gasteiger partial charge in [0.1, 0.15) is 12.7 Å². The largest absolute Gasteiger partial charge is 0.463 e. The van der Waals surface area contributed by atoms with Gasteiger partial charge in [-0.25, -0.2) is 0 Å². The molecule has 0 amide bonds. The molecule has 0 aromatic rings. The van der Waals surface area contributed by atoms with E-state index in [1.54, 1.807) is 6.92 Å². The molecule has 1 fully saturated rings. The van der Waals surface area contributed by atoms with Gasteiger partial charge in [0.15, 0.2) is 5.78 Å². The van der Waals surface area contributed by atoms with Crippen LogP contribution in [0.4, 0.5) is 0 Å². The van der Waals surface area contributed by atoms with Crippen LogP contribution in [0.3, 0.4) is 0 Å². The third kappa shape index (κ3) is 6.71. The van der Waals surface area contributed by atoms with Crippen molar-refractivity contribution in [3.63, 3.8) is 0 Å². The summed E-state index contributed by atoms with van der Waals surface area (Å²) in [5.41, 5.74) is 0. The number of hydrogen-bond acceptors (Lipinski definition) is 5. The second-order valence-corrected chi connectivity index (χ2v) is 5.83. The van der Waals surface area contributed by atoms with Gasteiger partial charge in [0, 0.05) is 13.3 Å². The van der Waals surface area contributed by atoms with E-state index in [1.165, 1.54) is 19.8 Å². The van der Waals surface area contributed by atoms with Gasteiger partial charge in [-0.3, -0.25) is 9.59 Å². The van der Waals surface area contributed by atoms with E-state index in [0.29, 0.717) is 6.42 Å². The van der Waals surface area contributed by atoms with Gasteiger partial charge in [0.2, 0.25) is 5.79 Å². The first-order valence-electron chi connectivity index (χ1n) is 8.07. The van der Waals surface area contributed by atoms with E-state index in [9.17, 15) is 9.59 Å². The molecule has 0 aromatic carbocycles. The molecule has 0 aromatic heterocycles. The lowest BCUT2D eigenvalue weighted by Crippen LogP contribution is -2.35. The number of ether oxygens (including phenoxy) is 3. The number of esters is 1. The van der Waals surface area contributed by atoms with Crippen molar-refractivity contribution in [1.82, 2.24) is 0 Å². The molecule has 1 aliphatic rings. The number of rotatable bonds is 11. The molecule has 2 unspecified atom stereocenters. The lowest BCUT2D eigenvalue weighted by Gasteiger charge is -2.19. The summed E-state index contributed by atoms with van der Waals surface area (Å²) in [5.74, 6) is -1.59. The molecule has 0 saturated carbocycles. The van der Waals surface area contributed by atoms with Gasteiger partial charge in [-0.1, -0.05) is 25.3 Å². The van der Waals surface area contributed by atoms with E-state index in [-0.39, 0.29) is 31.1 Å². The fourth-order valence-electron chi connectivity index (χ4n) is 2.25. The number of unbranched alkanes of at least 4 members (excludes halogenated alkanes) is 5. The first-order chi connectivity index (χ1) is 10.5. The number of carbonyl (C=O) groups is 2. The Morgan fingerprint density at radius 2 is 1.95 bits per heavy atom. The van der Waals surface area contributed by atoms with Crippen LogP contribution in [0, 0.1) is 0 Å². The number of Topliss-reactive ketones (excluding diaryl/α,β-unsaturated/α-hetero) is 1. The fraction of sp³-hybridized carbons (Fsp3) is 0.765. The number of allylic oxidation sites excluding steroid dienone is 1. The molecule has 5 nitrogen and oxygen atoms in total. The van der Waals surface area contributed by atoms with Gasteiger partial charge < -0.3 is 14.2 Å². The Morgan fingerprint density at radius 3 is 2.59 bits per heavy atom. The lowest BCUT2D eigenvalue weighted by molar-refractivity contribution is -0.179. The summed E-state index contributed by atoms with van der Waals surface area (Å²) < 4.78 is 16.0. The second kappa shape index (κ2) is 9.74. The van der Waals surface area contributed by atoms with Gasteiger partial charge >= 0.3 is 5.97 Å². The predicted octanol–water partition coefficient (Wildman–Crippen LogP) is 3.17. The van der Waals surface area contributed by atoms with Gasteiger partial charge in [0.25, 0.3) is 0 Å². The molecular weight excluding hydrogens is 284 g/mol. The molecule has 0 bridgehead atoms. The molecule has 0 N–H and O–H groups in total. The molecule has 22 heavy (non-hydrogen) atoms. The Hall–Kier alpha value is -1.20. The zero-order valence-electron chi connectivity index (χ0n) is 13.8. The number of hydrogen-bond donors (Lipinski definition) is 0. The van der Waals surface area contributed by atoms with Crippen LogP contribution < -0.4 is 0 Å². The first-order valence-corrected chi connectivity index (χ1v) is 8.07. The van der Waals surface area contributed by atoms with Crippen LogP contribution in [0.5, 0.6) is 0 Å². The minimum absolute atomic E-state index is 0.140. The fourth-order valence-corrected chi connectivity index (χ4v) is 2.25. The molecule has 2 atom stereocenters. The van der Waals surface area contributed by atoms with Crippen molar-refractivity contribution in [1.29, 1.82) is 0 Å². The topological polar surface area (TPSA) is 61.8 Å². The van der Waals surface area contributed by atoms with Crippen molar-refractivity contribution in [2.75, 3.05) is 13.2 Å². The van der Waals surface area contributed by atoms with Crippen LogP contribution in [0.1, 0.15) is 58.8 Å². The van der Waals surface area contributed by atoms with Crippen LogP contribution in [-0.4, -0.2) is 36.9 Å². The van der Waals surface area contributed by atoms with Crippen LogP contribution >= 0.6 is 0 Å². The lowest BCUT2D eigenvalue weighted by atomic mass is 10.1. The van der Waals surface area contributed by atoms with E-state index in [1.807, 2.05) is 6.08 Å². The van der Waals surface area contributed by atoms with Crippen LogP contribution in [-0.2, 0) is 23.8 Å². The highest BCUT2D eigenvalue weighted by atomic mass is 16.8. The summed E-state index contributed by atoms with van der Waals surface area (Å²) in [4.78, 5) is 23.0. The summed E-state index contributed by atoms with van der Waals surface area (Å²) >= 11 is 0.